The van der Waals surface area contributed by atoms with E-state index in [1.54, 1.807) is 41.5 Å². The van der Waals surface area contributed by atoms with Crippen LogP contribution in [0.25, 0.3) is 10.9 Å². The highest BCUT2D eigenvalue weighted by Gasteiger charge is 2.31. The van der Waals surface area contributed by atoms with Gasteiger partial charge in [0.1, 0.15) is 11.2 Å². The number of fused-ring (bicyclic) bond motifs is 1. The highest BCUT2D eigenvalue weighted by Crippen LogP contribution is 2.20. The van der Waals surface area contributed by atoms with E-state index < -0.39 is 23.4 Å². The molecular formula is C20H28N2O4. The molecule has 26 heavy (non-hydrogen) atoms. The van der Waals surface area contributed by atoms with E-state index in [9.17, 15) is 9.59 Å². The molecule has 1 aromatic carbocycles. The van der Waals surface area contributed by atoms with Crippen molar-refractivity contribution in [2.75, 3.05) is 6.54 Å². The zero-order valence-corrected chi connectivity index (χ0v) is 16.4. The van der Waals surface area contributed by atoms with E-state index in [1.165, 1.54) is 0 Å². The van der Waals surface area contributed by atoms with Gasteiger partial charge in [0.05, 0.1) is 0 Å². The highest BCUT2D eigenvalue weighted by atomic mass is 16.6. The summed E-state index contributed by atoms with van der Waals surface area (Å²) < 4.78 is 10.7. The van der Waals surface area contributed by atoms with Gasteiger partial charge in [-0.3, -0.25) is 0 Å². The molecule has 1 aromatic heterocycles. The number of aromatic nitrogens is 1. The summed E-state index contributed by atoms with van der Waals surface area (Å²) >= 11 is 0. The van der Waals surface area contributed by atoms with Crippen molar-refractivity contribution < 1.29 is 19.1 Å². The van der Waals surface area contributed by atoms with Crippen molar-refractivity contribution in [3.8, 4) is 0 Å². The lowest BCUT2D eigenvalue weighted by atomic mass is 10.1. The van der Waals surface area contributed by atoms with Crippen LogP contribution in [0.1, 0.15) is 47.1 Å². The van der Waals surface area contributed by atoms with Crippen molar-refractivity contribution in [3.05, 3.63) is 36.0 Å². The molecule has 0 atom stereocenters. The molecule has 0 fully saturated rings. The van der Waals surface area contributed by atoms with Crippen LogP contribution in [0.4, 0.5) is 9.59 Å². The molecular weight excluding hydrogens is 332 g/mol. The smallest absolute Gasteiger partial charge is 0.419 e. The Kier molecular flexibility index (Phi) is 5.64. The quantitative estimate of drug-likeness (QED) is 0.846. The molecule has 2 aromatic rings. The van der Waals surface area contributed by atoms with E-state index >= 15 is 0 Å². The van der Waals surface area contributed by atoms with Crippen molar-refractivity contribution in [2.45, 2.75) is 59.2 Å². The number of rotatable bonds is 3. The fourth-order valence-corrected chi connectivity index (χ4v) is 2.46. The Morgan fingerprint density at radius 1 is 0.962 bits per heavy atom. The van der Waals surface area contributed by atoms with Gasteiger partial charge in [-0.2, -0.15) is 0 Å². The second-order valence-electron chi connectivity index (χ2n) is 8.22. The maximum atomic E-state index is 12.5. The number of nitrogens with one attached hydrogen (secondary N) is 1. The van der Waals surface area contributed by atoms with Gasteiger partial charge < -0.3 is 14.5 Å². The minimum atomic E-state index is -0.702. The molecule has 0 radical (unpaired) electrons. The van der Waals surface area contributed by atoms with Gasteiger partial charge in [0, 0.05) is 23.6 Å². The molecule has 6 nitrogen and oxygen atoms in total. The van der Waals surface area contributed by atoms with Gasteiger partial charge in [0.25, 0.3) is 0 Å². The Morgan fingerprint density at radius 3 is 2.04 bits per heavy atom. The third-order valence-electron chi connectivity index (χ3n) is 3.51. The summed E-state index contributed by atoms with van der Waals surface area (Å²) in [6.07, 6.45) is 0.994. The van der Waals surface area contributed by atoms with Crippen LogP contribution in [0.5, 0.6) is 0 Å². The van der Waals surface area contributed by atoms with Gasteiger partial charge in [0.15, 0.2) is 0 Å². The number of H-pyrrole nitrogens is 1. The molecule has 2 rings (SSSR count). The Hall–Kier alpha value is -2.50. The van der Waals surface area contributed by atoms with Crippen LogP contribution in [0, 0.1) is 0 Å². The van der Waals surface area contributed by atoms with Crippen molar-refractivity contribution in [2.24, 2.45) is 0 Å². The topological polar surface area (TPSA) is 71.6 Å². The third kappa shape index (κ3) is 5.51. The number of para-hydroxylation sites is 1. The van der Waals surface area contributed by atoms with Gasteiger partial charge in [0.2, 0.25) is 0 Å². The third-order valence-corrected chi connectivity index (χ3v) is 3.51. The molecule has 142 valence electrons. The van der Waals surface area contributed by atoms with Crippen LogP contribution in [-0.2, 0) is 15.9 Å². The van der Waals surface area contributed by atoms with E-state index in [0.717, 1.165) is 21.4 Å². The average Bonchev–Trinajstić information content (AvgIpc) is 2.87. The predicted octanol–water partition coefficient (Wildman–Crippen LogP) is 4.88. The van der Waals surface area contributed by atoms with Crippen molar-refractivity contribution >= 4 is 23.1 Å². The van der Waals surface area contributed by atoms with Crippen LogP contribution in [0.3, 0.4) is 0 Å². The number of amides is 2. The van der Waals surface area contributed by atoms with Gasteiger partial charge in [-0.1, -0.05) is 18.2 Å². The van der Waals surface area contributed by atoms with Crippen LogP contribution in [-0.4, -0.2) is 39.8 Å². The van der Waals surface area contributed by atoms with Gasteiger partial charge >= 0.3 is 12.2 Å². The summed E-state index contributed by atoms with van der Waals surface area (Å²) in [6, 6.07) is 7.90. The molecule has 0 saturated heterocycles. The monoisotopic (exact) mass is 360 g/mol. The van der Waals surface area contributed by atoms with Crippen LogP contribution >= 0.6 is 0 Å². The molecule has 0 saturated carbocycles. The fourth-order valence-electron chi connectivity index (χ4n) is 2.46. The minimum absolute atomic E-state index is 0.172. The average molecular weight is 360 g/mol. The van der Waals surface area contributed by atoms with Gasteiger partial charge in [-0.15, -0.1) is 0 Å². The van der Waals surface area contributed by atoms with E-state index in [-0.39, 0.29) is 6.54 Å². The minimum Gasteiger partial charge on any atom is -0.443 e. The Bertz CT molecular complexity index is 753. The Balaban J connectivity index is 2.17. The second kappa shape index (κ2) is 7.40. The fraction of sp³-hybridized carbons (Fsp3) is 0.500. The molecule has 0 aliphatic rings. The largest absolute Gasteiger partial charge is 0.443 e. The van der Waals surface area contributed by atoms with E-state index in [0.29, 0.717) is 6.42 Å². The summed E-state index contributed by atoms with van der Waals surface area (Å²) in [5.74, 6) is 0. The van der Waals surface area contributed by atoms with Gasteiger partial charge in [-0.25, -0.2) is 14.5 Å². The molecule has 6 heteroatoms. The van der Waals surface area contributed by atoms with Crippen molar-refractivity contribution in [1.29, 1.82) is 0 Å². The summed E-state index contributed by atoms with van der Waals surface area (Å²) in [4.78, 5) is 29.2. The number of imide groups is 1. The maximum absolute atomic E-state index is 12.5. The lowest BCUT2D eigenvalue weighted by Gasteiger charge is -2.28. The SMILES string of the molecule is CC(C)(C)OC(=O)N(CCc1c[nH]c2ccccc12)C(=O)OC(C)(C)C. The standard InChI is InChI=1S/C20H28N2O4/c1-19(2,3)25-17(23)22(18(24)26-20(4,5)6)12-11-14-13-21-16-10-8-7-9-15(14)16/h7-10,13,21H,11-12H2,1-6H3. The van der Waals surface area contributed by atoms with Crippen LogP contribution in [0.2, 0.25) is 0 Å². The zero-order chi connectivity index (χ0) is 19.5. The first kappa shape index (κ1) is 19.8. The molecule has 0 spiro atoms. The highest BCUT2D eigenvalue weighted by molar-refractivity contribution is 5.88. The molecule has 1 N–H and O–H groups in total. The molecule has 0 bridgehead atoms. The number of aromatic amines is 1. The van der Waals surface area contributed by atoms with Crippen LogP contribution < -0.4 is 0 Å². The molecule has 1 heterocycles. The van der Waals surface area contributed by atoms with E-state index in [4.69, 9.17) is 9.47 Å². The number of benzene rings is 1. The van der Waals surface area contributed by atoms with Crippen molar-refractivity contribution in [3.63, 3.8) is 0 Å². The zero-order valence-electron chi connectivity index (χ0n) is 16.4. The lowest BCUT2D eigenvalue weighted by molar-refractivity contribution is 0.00172. The Labute approximate surface area is 154 Å². The Morgan fingerprint density at radius 2 is 1.50 bits per heavy atom. The molecule has 2 amide bonds. The first-order valence-electron chi connectivity index (χ1n) is 8.75. The van der Waals surface area contributed by atoms with E-state index in [1.807, 2.05) is 30.5 Å². The molecule has 0 aliphatic heterocycles. The number of hydrogen-bond donors (Lipinski definition) is 1. The van der Waals surface area contributed by atoms with Crippen molar-refractivity contribution in [1.82, 2.24) is 9.88 Å². The molecule has 0 aliphatic carbocycles. The van der Waals surface area contributed by atoms with Crippen LogP contribution in [0.15, 0.2) is 30.5 Å². The number of carbonyl (C=O) groups is 2. The lowest BCUT2D eigenvalue weighted by Crippen LogP contribution is -2.44. The summed E-state index contributed by atoms with van der Waals surface area (Å²) in [6.45, 7) is 10.7. The maximum Gasteiger partial charge on any atom is 0.419 e. The first-order chi connectivity index (χ1) is 12.0. The van der Waals surface area contributed by atoms with E-state index in [2.05, 4.69) is 4.98 Å². The summed E-state index contributed by atoms with van der Waals surface area (Å²) in [5, 5.41) is 1.07. The summed E-state index contributed by atoms with van der Waals surface area (Å²) in [5.41, 5.74) is 0.650. The molecule has 0 unspecified atom stereocenters. The first-order valence-corrected chi connectivity index (χ1v) is 8.75. The number of hydrogen-bond acceptors (Lipinski definition) is 4. The second-order valence-corrected chi connectivity index (χ2v) is 8.22. The summed E-state index contributed by atoms with van der Waals surface area (Å²) in [7, 11) is 0. The predicted molar refractivity (Wildman–Crippen MR) is 101 cm³/mol. The normalized spacial score (nSPS) is 12.1. The number of carbonyl (C=O) groups excluding carboxylic acids is 2. The number of ether oxygens (including phenoxy) is 2. The number of nitrogens with zero attached hydrogens (tertiary/aromatic N) is 1. The van der Waals surface area contributed by atoms with Gasteiger partial charge in [-0.05, 0) is 59.6 Å².